The smallest absolute Gasteiger partial charge is 0.291 e. The van der Waals surface area contributed by atoms with Crippen molar-refractivity contribution in [2.75, 3.05) is 7.11 Å². The lowest BCUT2D eigenvalue weighted by atomic mass is 9.98. The molecule has 33 heavy (non-hydrogen) atoms. The van der Waals surface area contributed by atoms with Gasteiger partial charge in [-0.1, -0.05) is 51.8 Å². The maximum atomic E-state index is 13.7. The molecule has 0 N–H and O–H groups in total. The van der Waals surface area contributed by atoms with Gasteiger partial charge in [0.2, 0.25) is 5.76 Å². The van der Waals surface area contributed by atoms with Crippen molar-refractivity contribution in [1.29, 1.82) is 0 Å². The number of fused-ring (bicyclic) bond motifs is 2. The van der Waals surface area contributed by atoms with Crippen LogP contribution in [0.2, 0.25) is 5.02 Å². The van der Waals surface area contributed by atoms with Crippen LogP contribution in [0.5, 0.6) is 5.75 Å². The molecule has 1 aliphatic heterocycles. The molecule has 0 fully saturated rings. The maximum absolute atomic E-state index is 13.7. The molecular weight excluding hydrogens is 506 g/mol. The van der Waals surface area contributed by atoms with E-state index in [2.05, 4.69) is 15.9 Å². The lowest BCUT2D eigenvalue weighted by molar-refractivity contribution is 0.0714. The van der Waals surface area contributed by atoms with E-state index in [1.807, 2.05) is 55.5 Å². The average molecular weight is 525 g/mol. The number of nitrogens with zero attached hydrogens (tertiary/aromatic N) is 1. The van der Waals surface area contributed by atoms with Crippen molar-refractivity contribution >= 4 is 44.4 Å². The highest BCUT2D eigenvalue weighted by atomic mass is 79.9. The summed E-state index contributed by atoms with van der Waals surface area (Å²) in [6, 6.07) is 17.8. The van der Waals surface area contributed by atoms with Crippen molar-refractivity contribution in [3.05, 3.63) is 108 Å². The number of amides is 1. The predicted molar refractivity (Wildman–Crippen MR) is 131 cm³/mol. The van der Waals surface area contributed by atoms with Crippen LogP contribution in [0.3, 0.4) is 0 Å². The summed E-state index contributed by atoms with van der Waals surface area (Å²) in [6.07, 6.45) is 0. The van der Waals surface area contributed by atoms with Gasteiger partial charge in [-0.2, -0.15) is 0 Å². The van der Waals surface area contributed by atoms with E-state index in [0.29, 0.717) is 28.1 Å². The van der Waals surface area contributed by atoms with Crippen LogP contribution in [0.1, 0.15) is 38.9 Å². The van der Waals surface area contributed by atoms with Crippen LogP contribution in [0.25, 0.3) is 11.0 Å². The van der Waals surface area contributed by atoms with Crippen LogP contribution < -0.4 is 10.2 Å². The highest BCUT2D eigenvalue weighted by Gasteiger charge is 2.42. The van der Waals surface area contributed by atoms with E-state index in [9.17, 15) is 9.59 Å². The van der Waals surface area contributed by atoms with Crippen LogP contribution in [0.4, 0.5) is 0 Å². The summed E-state index contributed by atoms with van der Waals surface area (Å²) in [5.41, 5.74) is 2.94. The Kier molecular flexibility index (Phi) is 5.51. The van der Waals surface area contributed by atoms with Crippen LogP contribution in [-0.2, 0) is 6.54 Å². The normalized spacial score (nSPS) is 15.2. The Labute approximate surface area is 203 Å². The first-order chi connectivity index (χ1) is 15.9. The average Bonchev–Trinajstić information content (AvgIpc) is 3.08. The lowest BCUT2D eigenvalue weighted by Crippen LogP contribution is -2.29. The first kappa shape index (κ1) is 21.7. The van der Waals surface area contributed by atoms with Crippen molar-refractivity contribution in [2.24, 2.45) is 0 Å². The summed E-state index contributed by atoms with van der Waals surface area (Å²) in [5.74, 6) is 0.485. The van der Waals surface area contributed by atoms with Gasteiger partial charge in [-0.3, -0.25) is 9.59 Å². The van der Waals surface area contributed by atoms with E-state index >= 15 is 0 Å². The quantitative estimate of drug-likeness (QED) is 0.316. The van der Waals surface area contributed by atoms with Gasteiger partial charge in [0, 0.05) is 16.0 Å². The number of halogens is 2. The van der Waals surface area contributed by atoms with E-state index in [0.717, 1.165) is 26.9 Å². The third-order valence-corrected chi connectivity index (χ3v) is 6.82. The van der Waals surface area contributed by atoms with Crippen molar-refractivity contribution in [3.63, 3.8) is 0 Å². The molecule has 2 heterocycles. The molecule has 0 saturated carbocycles. The molecule has 0 radical (unpaired) electrons. The van der Waals surface area contributed by atoms with Gasteiger partial charge >= 0.3 is 0 Å². The molecule has 7 heteroatoms. The van der Waals surface area contributed by atoms with Crippen LogP contribution in [0, 0.1) is 6.92 Å². The fraction of sp³-hybridized carbons (Fsp3) is 0.154. The zero-order valence-corrected chi connectivity index (χ0v) is 20.2. The van der Waals surface area contributed by atoms with Gasteiger partial charge in [0.1, 0.15) is 11.3 Å². The summed E-state index contributed by atoms with van der Waals surface area (Å²) >= 11 is 9.81. The molecule has 3 aromatic carbocycles. The molecule has 4 aromatic rings. The molecule has 0 aliphatic carbocycles. The van der Waals surface area contributed by atoms with E-state index in [-0.39, 0.29) is 17.1 Å². The third kappa shape index (κ3) is 3.73. The van der Waals surface area contributed by atoms with Crippen LogP contribution in [-0.4, -0.2) is 17.9 Å². The summed E-state index contributed by atoms with van der Waals surface area (Å²) < 4.78 is 12.1. The SMILES string of the molecule is COc1ccc(CN2C(=O)c3oc4cc(C)c(Cl)cc4c(=O)c3C2c2cccc(Br)c2)cc1. The zero-order chi connectivity index (χ0) is 23.3. The fourth-order valence-corrected chi connectivity index (χ4v) is 4.84. The Morgan fingerprint density at radius 3 is 2.55 bits per heavy atom. The number of hydrogen-bond donors (Lipinski definition) is 0. The van der Waals surface area contributed by atoms with E-state index in [1.54, 1.807) is 24.1 Å². The Balaban J connectivity index is 1.71. The highest BCUT2D eigenvalue weighted by molar-refractivity contribution is 9.10. The van der Waals surface area contributed by atoms with Crippen molar-refractivity contribution in [3.8, 4) is 5.75 Å². The standard InChI is InChI=1S/C26H19BrClNO4/c1-14-10-21-19(12-20(14)28)24(30)22-23(16-4-3-5-17(27)11-16)29(26(31)25(22)33-21)13-15-6-8-18(32-2)9-7-15/h3-12,23H,13H2,1-2H3. The second-order valence-corrected chi connectivity index (χ2v) is 9.33. The van der Waals surface area contributed by atoms with Crippen molar-refractivity contribution < 1.29 is 13.9 Å². The van der Waals surface area contributed by atoms with Gasteiger partial charge < -0.3 is 14.1 Å². The molecule has 166 valence electrons. The van der Waals surface area contributed by atoms with Gasteiger partial charge in [0.15, 0.2) is 5.43 Å². The molecule has 5 nitrogen and oxygen atoms in total. The molecule has 0 saturated heterocycles. The second kappa shape index (κ2) is 8.36. The topological polar surface area (TPSA) is 59.8 Å². The Hall–Kier alpha value is -3.09. The molecule has 0 spiro atoms. The number of methoxy groups -OCH3 is 1. The number of benzene rings is 3. The summed E-state index contributed by atoms with van der Waals surface area (Å²) in [6.45, 7) is 2.14. The van der Waals surface area contributed by atoms with E-state index in [4.69, 9.17) is 20.8 Å². The lowest BCUT2D eigenvalue weighted by Gasteiger charge is -2.25. The van der Waals surface area contributed by atoms with E-state index in [1.165, 1.54) is 0 Å². The van der Waals surface area contributed by atoms with E-state index < -0.39 is 6.04 Å². The highest BCUT2D eigenvalue weighted by Crippen LogP contribution is 2.40. The molecule has 5 rings (SSSR count). The fourth-order valence-electron chi connectivity index (χ4n) is 4.25. The Bertz CT molecular complexity index is 1460. The third-order valence-electron chi connectivity index (χ3n) is 5.92. The minimum absolute atomic E-state index is 0.0766. The number of rotatable bonds is 4. The minimum atomic E-state index is -0.590. The summed E-state index contributed by atoms with van der Waals surface area (Å²) in [7, 11) is 1.61. The van der Waals surface area contributed by atoms with Crippen molar-refractivity contribution in [2.45, 2.75) is 19.5 Å². The van der Waals surface area contributed by atoms with Gasteiger partial charge in [0.05, 0.1) is 24.1 Å². The zero-order valence-electron chi connectivity index (χ0n) is 17.9. The van der Waals surface area contributed by atoms with Crippen LogP contribution in [0.15, 0.2) is 74.3 Å². The molecule has 1 amide bonds. The molecule has 1 atom stereocenters. The Morgan fingerprint density at radius 1 is 1.09 bits per heavy atom. The summed E-state index contributed by atoms with van der Waals surface area (Å²) in [4.78, 5) is 28.9. The molecule has 1 aromatic heterocycles. The number of aryl methyl sites for hydroxylation is 1. The molecule has 1 aliphatic rings. The monoisotopic (exact) mass is 523 g/mol. The number of carbonyl (C=O) groups excluding carboxylic acids is 1. The predicted octanol–water partition coefficient (Wildman–Crippen LogP) is 6.27. The number of hydrogen-bond acceptors (Lipinski definition) is 4. The first-order valence-electron chi connectivity index (χ1n) is 10.3. The van der Waals surface area contributed by atoms with Gasteiger partial charge in [-0.15, -0.1) is 0 Å². The van der Waals surface area contributed by atoms with Gasteiger partial charge in [0.25, 0.3) is 5.91 Å². The van der Waals surface area contributed by atoms with Gasteiger partial charge in [-0.05, 0) is 60.0 Å². The Morgan fingerprint density at radius 2 is 1.85 bits per heavy atom. The minimum Gasteiger partial charge on any atom is -0.497 e. The van der Waals surface area contributed by atoms with Crippen LogP contribution >= 0.6 is 27.5 Å². The molecule has 1 unspecified atom stereocenters. The second-order valence-electron chi connectivity index (χ2n) is 8.01. The largest absolute Gasteiger partial charge is 0.497 e. The van der Waals surface area contributed by atoms with Crippen molar-refractivity contribution in [1.82, 2.24) is 4.90 Å². The summed E-state index contributed by atoms with van der Waals surface area (Å²) in [5, 5.41) is 0.844. The molecular formula is C26H19BrClNO4. The first-order valence-corrected chi connectivity index (χ1v) is 11.5. The van der Waals surface area contributed by atoms with Gasteiger partial charge in [-0.25, -0.2) is 0 Å². The number of ether oxygens (including phenoxy) is 1. The molecule has 0 bridgehead atoms. The number of carbonyl (C=O) groups is 1. The maximum Gasteiger partial charge on any atom is 0.291 e.